The van der Waals surface area contributed by atoms with Crippen LogP contribution < -0.4 is 4.72 Å². The van der Waals surface area contributed by atoms with Gasteiger partial charge in [0.05, 0.1) is 4.75 Å². The Morgan fingerprint density at radius 3 is 2.29 bits per heavy atom. The molecule has 0 spiro atoms. The summed E-state index contributed by atoms with van der Waals surface area (Å²) in [6.45, 7) is 5.51. The third-order valence-corrected chi connectivity index (χ3v) is 4.04. The molecule has 0 amide bonds. The first-order chi connectivity index (χ1) is 6.31. The Morgan fingerprint density at radius 1 is 1.29 bits per heavy atom. The SMILES string of the molecule is C#CCCCCNS(=O)(=O)C(C)(C)C. The summed E-state index contributed by atoms with van der Waals surface area (Å²) in [6, 6.07) is 0. The van der Waals surface area contributed by atoms with Crippen LogP contribution in [0.15, 0.2) is 0 Å². The zero-order valence-electron chi connectivity index (χ0n) is 9.13. The monoisotopic (exact) mass is 217 g/mol. The van der Waals surface area contributed by atoms with Crippen LogP contribution >= 0.6 is 0 Å². The maximum atomic E-state index is 11.5. The molecule has 3 nitrogen and oxygen atoms in total. The van der Waals surface area contributed by atoms with Crippen LogP contribution in [-0.2, 0) is 10.0 Å². The predicted molar refractivity (Wildman–Crippen MR) is 59.4 cm³/mol. The highest BCUT2D eigenvalue weighted by atomic mass is 32.2. The van der Waals surface area contributed by atoms with Crippen LogP contribution in [0.2, 0.25) is 0 Å². The second kappa shape index (κ2) is 5.38. The predicted octanol–water partition coefficient (Wildman–Crippen LogP) is 1.51. The third-order valence-electron chi connectivity index (χ3n) is 1.85. The Bertz CT molecular complexity index is 293. The summed E-state index contributed by atoms with van der Waals surface area (Å²) in [5.41, 5.74) is 0. The number of rotatable bonds is 5. The van der Waals surface area contributed by atoms with Crippen molar-refractivity contribution >= 4 is 10.0 Å². The Balaban J connectivity index is 3.87. The average Bonchev–Trinajstić information content (AvgIpc) is 2.02. The molecule has 0 saturated heterocycles. The van der Waals surface area contributed by atoms with Crippen molar-refractivity contribution in [2.75, 3.05) is 6.54 Å². The van der Waals surface area contributed by atoms with Gasteiger partial charge in [-0.25, -0.2) is 13.1 Å². The number of unbranched alkanes of at least 4 members (excludes halogenated alkanes) is 2. The summed E-state index contributed by atoms with van der Waals surface area (Å²) in [7, 11) is -3.19. The van der Waals surface area contributed by atoms with Crippen LogP contribution in [0, 0.1) is 12.3 Å². The van der Waals surface area contributed by atoms with E-state index in [1.165, 1.54) is 0 Å². The van der Waals surface area contributed by atoms with E-state index in [1.54, 1.807) is 20.8 Å². The molecular weight excluding hydrogens is 198 g/mol. The molecule has 0 bridgehead atoms. The fourth-order valence-electron chi connectivity index (χ4n) is 0.775. The van der Waals surface area contributed by atoms with Gasteiger partial charge in [-0.3, -0.25) is 0 Å². The van der Waals surface area contributed by atoms with Crippen LogP contribution in [0.3, 0.4) is 0 Å². The van der Waals surface area contributed by atoms with Gasteiger partial charge in [0.1, 0.15) is 0 Å². The summed E-state index contributed by atoms with van der Waals surface area (Å²) >= 11 is 0. The molecule has 0 heterocycles. The molecule has 0 unspecified atom stereocenters. The minimum atomic E-state index is -3.19. The van der Waals surface area contributed by atoms with Crippen molar-refractivity contribution in [1.29, 1.82) is 0 Å². The fraction of sp³-hybridized carbons (Fsp3) is 0.800. The molecule has 0 aromatic carbocycles. The van der Waals surface area contributed by atoms with Gasteiger partial charge in [-0.05, 0) is 33.6 Å². The molecular formula is C10H19NO2S. The normalized spacial score (nSPS) is 12.4. The van der Waals surface area contributed by atoms with Crippen molar-refractivity contribution in [3.63, 3.8) is 0 Å². The maximum absolute atomic E-state index is 11.5. The van der Waals surface area contributed by atoms with E-state index in [4.69, 9.17) is 6.42 Å². The van der Waals surface area contributed by atoms with Crippen LogP contribution in [0.5, 0.6) is 0 Å². The third kappa shape index (κ3) is 4.64. The molecule has 0 aliphatic heterocycles. The van der Waals surface area contributed by atoms with Crippen molar-refractivity contribution in [3.8, 4) is 12.3 Å². The molecule has 0 aromatic heterocycles. The second-order valence-corrected chi connectivity index (χ2v) is 6.69. The molecule has 4 heteroatoms. The molecule has 0 radical (unpaired) electrons. The van der Waals surface area contributed by atoms with Gasteiger partial charge in [0.15, 0.2) is 0 Å². The number of nitrogens with one attached hydrogen (secondary N) is 1. The average molecular weight is 217 g/mol. The summed E-state index contributed by atoms with van der Waals surface area (Å²) in [6.07, 6.45) is 7.44. The minimum Gasteiger partial charge on any atom is -0.215 e. The molecule has 0 atom stereocenters. The van der Waals surface area contributed by atoms with Crippen molar-refractivity contribution in [2.24, 2.45) is 0 Å². The van der Waals surface area contributed by atoms with E-state index in [0.29, 0.717) is 13.0 Å². The standard InChI is InChI=1S/C10H19NO2S/c1-5-6-7-8-9-11-14(12,13)10(2,3)4/h1,11H,6-9H2,2-4H3. The van der Waals surface area contributed by atoms with Gasteiger partial charge in [-0.1, -0.05) is 0 Å². The van der Waals surface area contributed by atoms with Gasteiger partial charge < -0.3 is 0 Å². The molecule has 0 aliphatic carbocycles. The Labute approximate surface area is 87.3 Å². The van der Waals surface area contributed by atoms with E-state index in [1.807, 2.05) is 0 Å². The van der Waals surface area contributed by atoms with Crippen molar-refractivity contribution < 1.29 is 8.42 Å². The van der Waals surface area contributed by atoms with Crippen molar-refractivity contribution in [3.05, 3.63) is 0 Å². The summed E-state index contributed by atoms with van der Waals surface area (Å²) in [4.78, 5) is 0. The van der Waals surface area contributed by atoms with Crippen LogP contribution in [0.1, 0.15) is 40.0 Å². The molecule has 0 rings (SSSR count). The van der Waals surface area contributed by atoms with E-state index in [-0.39, 0.29) is 0 Å². The van der Waals surface area contributed by atoms with E-state index >= 15 is 0 Å². The Kier molecular flexibility index (Phi) is 5.17. The Morgan fingerprint density at radius 2 is 1.86 bits per heavy atom. The second-order valence-electron chi connectivity index (χ2n) is 4.17. The smallest absolute Gasteiger partial charge is 0.215 e. The first-order valence-electron chi connectivity index (χ1n) is 4.74. The highest BCUT2D eigenvalue weighted by molar-refractivity contribution is 7.90. The highest BCUT2D eigenvalue weighted by Crippen LogP contribution is 2.12. The van der Waals surface area contributed by atoms with Gasteiger partial charge in [0.25, 0.3) is 0 Å². The zero-order valence-corrected chi connectivity index (χ0v) is 9.95. The zero-order chi connectivity index (χ0) is 11.2. The van der Waals surface area contributed by atoms with Gasteiger partial charge >= 0.3 is 0 Å². The maximum Gasteiger partial charge on any atom is 0.216 e. The van der Waals surface area contributed by atoms with Crippen molar-refractivity contribution in [2.45, 2.75) is 44.8 Å². The quantitative estimate of drug-likeness (QED) is 0.560. The first-order valence-corrected chi connectivity index (χ1v) is 6.22. The lowest BCUT2D eigenvalue weighted by atomic mass is 10.2. The van der Waals surface area contributed by atoms with Crippen molar-refractivity contribution in [1.82, 2.24) is 4.72 Å². The lowest BCUT2D eigenvalue weighted by Gasteiger charge is -2.19. The number of hydrogen-bond donors (Lipinski definition) is 1. The largest absolute Gasteiger partial charge is 0.216 e. The summed E-state index contributed by atoms with van der Waals surface area (Å²) < 4.78 is 24.9. The van der Waals surface area contributed by atoms with E-state index < -0.39 is 14.8 Å². The van der Waals surface area contributed by atoms with Crippen LogP contribution in [-0.4, -0.2) is 19.7 Å². The van der Waals surface area contributed by atoms with Gasteiger partial charge in [0, 0.05) is 13.0 Å². The first kappa shape index (κ1) is 13.5. The summed E-state index contributed by atoms with van der Waals surface area (Å²) in [5.74, 6) is 2.52. The van der Waals surface area contributed by atoms with E-state index in [9.17, 15) is 8.42 Å². The lowest BCUT2D eigenvalue weighted by molar-refractivity contribution is 0.542. The van der Waals surface area contributed by atoms with Crippen LogP contribution in [0.4, 0.5) is 0 Å². The molecule has 82 valence electrons. The van der Waals surface area contributed by atoms with Gasteiger partial charge in [-0.15, -0.1) is 12.3 Å². The number of terminal acetylenes is 1. The molecule has 0 aromatic rings. The summed E-state index contributed by atoms with van der Waals surface area (Å²) in [5, 5.41) is 0. The minimum absolute atomic E-state index is 0.473. The van der Waals surface area contributed by atoms with Gasteiger partial charge in [-0.2, -0.15) is 0 Å². The van der Waals surface area contributed by atoms with Crippen LogP contribution in [0.25, 0.3) is 0 Å². The Hall–Kier alpha value is -0.530. The molecule has 1 N–H and O–H groups in total. The lowest BCUT2D eigenvalue weighted by Crippen LogP contribution is -2.39. The molecule has 0 fully saturated rings. The van der Waals surface area contributed by atoms with E-state index in [0.717, 1.165) is 12.8 Å². The van der Waals surface area contributed by atoms with Gasteiger partial charge in [0.2, 0.25) is 10.0 Å². The number of sulfonamides is 1. The topological polar surface area (TPSA) is 46.2 Å². The number of hydrogen-bond acceptors (Lipinski definition) is 2. The fourth-order valence-corrected chi connectivity index (χ4v) is 1.62. The van der Waals surface area contributed by atoms with E-state index in [2.05, 4.69) is 10.6 Å². The molecule has 14 heavy (non-hydrogen) atoms. The molecule has 0 aliphatic rings. The molecule has 0 saturated carbocycles. The highest BCUT2D eigenvalue weighted by Gasteiger charge is 2.27.